The third kappa shape index (κ3) is 18.7. The third-order valence-corrected chi connectivity index (χ3v) is 15.1. The lowest BCUT2D eigenvalue weighted by Crippen LogP contribution is -2.58. The Morgan fingerprint density at radius 1 is 0.790 bits per heavy atom. The Kier molecular flexibility index (Phi) is 23.8. The van der Waals surface area contributed by atoms with Crippen LogP contribution in [0.4, 0.5) is 5.69 Å². The predicted molar refractivity (Wildman–Crippen MR) is 306 cm³/mol. The maximum Gasteiger partial charge on any atom is 0.261 e. The number of anilines is 1. The molecular formula is C56H82N16O9. The van der Waals surface area contributed by atoms with Gasteiger partial charge in [0.25, 0.3) is 5.56 Å². The van der Waals surface area contributed by atoms with Gasteiger partial charge >= 0.3 is 0 Å². The van der Waals surface area contributed by atoms with Crippen LogP contribution in [-0.4, -0.2) is 153 Å². The summed E-state index contributed by atoms with van der Waals surface area (Å²) in [5.41, 5.74) is 18.6. The van der Waals surface area contributed by atoms with Crippen molar-refractivity contribution in [1.82, 2.24) is 56.3 Å². The van der Waals surface area contributed by atoms with Gasteiger partial charge in [0.1, 0.15) is 42.5 Å². The number of aromatic nitrogens is 4. The first-order valence-corrected chi connectivity index (χ1v) is 28.2. The van der Waals surface area contributed by atoms with Crippen molar-refractivity contribution in [2.75, 3.05) is 51.2 Å². The molecule has 6 rings (SSSR count). The van der Waals surface area contributed by atoms with Gasteiger partial charge < -0.3 is 69.0 Å². The number of nitrogens with one attached hydrogen (secondary N) is 7. The molecule has 1 saturated heterocycles. The number of nitrogens with two attached hydrogens (primary N) is 3. The number of fused-ring (bicyclic) bond motifs is 1. The third-order valence-electron chi connectivity index (χ3n) is 15.1. The second-order valence-electron chi connectivity index (χ2n) is 21.1. The molecule has 2 fully saturated rings. The second-order valence-corrected chi connectivity index (χ2v) is 21.1. The lowest BCUT2D eigenvalue weighted by molar-refractivity contribution is -0.138. The number of guanidine groups is 1. The number of hydrogen-bond acceptors (Lipinski definition) is 14. The fourth-order valence-electron chi connectivity index (χ4n) is 10.2. The molecule has 1 unspecified atom stereocenters. The van der Waals surface area contributed by atoms with Gasteiger partial charge in [-0.25, -0.2) is 9.97 Å². The van der Waals surface area contributed by atoms with Gasteiger partial charge in [-0.2, -0.15) is 0 Å². The summed E-state index contributed by atoms with van der Waals surface area (Å²) in [6.45, 7) is 5.41. The first kappa shape index (κ1) is 62.1. The number of phenolic OH excluding ortho intramolecular Hbond substituents is 1. The minimum absolute atomic E-state index is 0.0177. The topological polar surface area (TPSA) is 372 Å². The largest absolute Gasteiger partial charge is 0.508 e. The Morgan fingerprint density at radius 2 is 1.47 bits per heavy atom. The van der Waals surface area contributed by atoms with E-state index in [1.165, 1.54) is 44.5 Å². The lowest BCUT2D eigenvalue weighted by atomic mass is 9.86. The maximum absolute atomic E-state index is 14.2. The minimum Gasteiger partial charge on any atom is -0.508 e. The van der Waals surface area contributed by atoms with Crippen LogP contribution in [0.2, 0.25) is 0 Å². The molecule has 2 aliphatic rings. The van der Waals surface area contributed by atoms with Crippen LogP contribution in [0.1, 0.15) is 102 Å². The van der Waals surface area contributed by atoms with Gasteiger partial charge in [-0.3, -0.25) is 47.9 Å². The summed E-state index contributed by atoms with van der Waals surface area (Å²) in [7, 11) is 1.42. The van der Waals surface area contributed by atoms with E-state index in [1.807, 2.05) is 24.8 Å². The van der Waals surface area contributed by atoms with E-state index in [2.05, 4.69) is 51.8 Å². The molecule has 1 saturated carbocycles. The molecular weight excluding hydrogens is 1040 g/mol. The number of hydrogen-bond donors (Lipinski definition) is 11. The first-order valence-electron chi connectivity index (χ1n) is 28.2. The quantitative estimate of drug-likeness (QED) is 0.0198. The van der Waals surface area contributed by atoms with E-state index in [1.54, 1.807) is 29.2 Å². The molecule has 81 heavy (non-hydrogen) atoms. The summed E-state index contributed by atoms with van der Waals surface area (Å²) in [4.78, 5) is 130. The van der Waals surface area contributed by atoms with E-state index < -0.39 is 65.9 Å². The van der Waals surface area contributed by atoms with Crippen molar-refractivity contribution >= 4 is 63.9 Å². The van der Waals surface area contributed by atoms with Crippen molar-refractivity contribution in [2.45, 2.75) is 140 Å². The maximum atomic E-state index is 14.2. The van der Waals surface area contributed by atoms with Gasteiger partial charge in [-0.15, -0.1) is 0 Å². The van der Waals surface area contributed by atoms with E-state index in [4.69, 9.17) is 17.2 Å². The highest BCUT2D eigenvalue weighted by Gasteiger charge is 2.34. The molecule has 1 aliphatic carbocycles. The summed E-state index contributed by atoms with van der Waals surface area (Å²) in [6.07, 6.45) is 12.5. The Morgan fingerprint density at radius 3 is 2.12 bits per heavy atom. The molecule has 0 radical (unpaired) electrons. The highest BCUT2D eigenvalue weighted by molar-refractivity contribution is 5.95. The lowest BCUT2D eigenvalue weighted by Gasteiger charge is -2.38. The molecule has 1 aliphatic heterocycles. The van der Waals surface area contributed by atoms with Crippen LogP contribution < -0.4 is 59.6 Å². The Hall–Kier alpha value is -8.09. The van der Waals surface area contributed by atoms with E-state index in [9.17, 15) is 43.5 Å². The zero-order valence-electron chi connectivity index (χ0n) is 46.8. The van der Waals surface area contributed by atoms with Gasteiger partial charge in [0.2, 0.25) is 41.4 Å². The summed E-state index contributed by atoms with van der Waals surface area (Å²) in [6, 6.07) is 6.18. The van der Waals surface area contributed by atoms with Gasteiger partial charge in [-0.1, -0.05) is 51.7 Å². The zero-order chi connectivity index (χ0) is 58.4. The van der Waals surface area contributed by atoms with Crippen molar-refractivity contribution in [3.63, 3.8) is 0 Å². The van der Waals surface area contributed by atoms with E-state index in [0.717, 1.165) is 30.3 Å². The fraction of sp³-hybridized carbons (Fsp3) is 0.554. The summed E-state index contributed by atoms with van der Waals surface area (Å²) < 4.78 is 1.13. The van der Waals surface area contributed by atoms with Crippen LogP contribution in [0, 0.1) is 11.8 Å². The van der Waals surface area contributed by atoms with Gasteiger partial charge in [-0.05, 0) is 99.2 Å². The SMILES string of the molecule is CC[C@H](C)[C@H](NC(=O)CC1CCCCC1)C(=O)N[C@@H](CCCCN)C(=O)N1CCN(c2ccc3ncn(CC(=O)N[C@@H](CCCN=C(N)N)C(=O)N[C@@H](Cc4cnc[nH]4)C(=O)NC(Cc4ccc(O)cc4)C(=O)NC)c(=O)c3c2)CC1. The van der Waals surface area contributed by atoms with Crippen LogP contribution >= 0.6 is 0 Å². The number of aromatic amines is 1. The van der Waals surface area contributed by atoms with Crippen LogP contribution in [0.5, 0.6) is 5.75 Å². The monoisotopic (exact) mass is 1120 g/mol. The summed E-state index contributed by atoms with van der Waals surface area (Å²) in [5.74, 6) is -3.40. The molecule has 4 aromatic rings. The molecule has 0 spiro atoms. The van der Waals surface area contributed by atoms with Crippen molar-refractivity contribution in [3.05, 3.63) is 82.9 Å². The minimum atomic E-state index is -1.27. The standard InChI is InChI=1S/C56H82N16O9/c1-4-35(2)49(69-47(74)28-36-11-6-5-7-12-36)53(79)66-44(13-8-9-21-57)55(81)71-25-23-70(24-26-71)39-17-20-42-41(30-39)54(80)72(34-64-42)32-48(75)65-43(14-10-22-62-56(58)59)51(77)68-46(29-38-31-61-33-63-38)52(78)67-45(50(76)60-3)27-37-15-18-40(73)19-16-37/h15-20,30-31,33-36,43-46,49,73H,4-14,21-29,32,57H2,1-3H3,(H,60,76)(H,61,63)(H,65,75)(H,66,79)(H,67,78)(H,68,77)(H,69,74)(H4,58,59,62)/t35-,43-,44-,45?,46-,49-/m0/s1. The van der Waals surface area contributed by atoms with Gasteiger partial charge in [0.15, 0.2) is 5.96 Å². The number of imidazole rings is 1. The predicted octanol–water partition coefficient (Wildman–Crippen LogP) is 0.328. The molecule has 3 heterocycles. The molecule has 0 bridgehead atoms. The van der Waals surface area contributed by atoms with Crippen LogP contribution in [0.3, 0.4) is 0 Å². The van der Waals surface area contributed by atoms with Crippen molar-refractivity contribution in [2.24, 2.45) is 34.0 Å². The number of benzene rings is 2. The number of likely N-dealkylation sites (N-methyl/N-ethyl adjacent to an activating group) is 1. The number of aliphatic imine (C=N–C) groups is 1. The Bertz CT molecular complexity index is 2830. The van der Waals surface area contributed by atoms with Crippen molar-refractivity contribution < 1.29 is 38.7 Å². The smallest absolute Gasteiger partial charge is 0.261 e. The number of amides is 7. The molecule has 440 valence electrons. The molecule has 2 aromatic carbocycles. The van der Waals surface area contributed by atoms with E-state index >= 15 is 0 Å². The van der Waals surface area contributed by atoms with E-state index in [-0.39, 0.29) is 73.0 Å². The van der Waals surface area contributed by atoms with E-state index in [0.29, 0.717) is 93.2 Å². The average Bonchev–Trinajstić information content (AvgIpc) is 4.02. The van der Waals surface area contributed by atoms with Crippen LogP contribution in [0.25, 0.3) is 10.9 Å². The molecule has 6 atom stereocenters. The number of H-pyrrole nitrogens is 1. The van der Waals surface area contributed by atoms with Gasteiger partial charge in [0.05, 0.1) is 23.6 Å². The number of nitrogens with zero attached hydrogens (tertiary/aromatic N) is 6. The zero-order valence-corrected chi connectivity index (χ0v) is 46.8. The molecule has 7 amide bonds. The number of piperazine rings is 1. The van der Waals surface area contributed by atoms with Crippen molar-refractivity contribution in [3.8, 4) is 5.75 Å². The summed E-state index contributed by atoms with van der Waals surface area (Å²) in [5, 5.41) is 26.7. The summed E-state index contributed by atoms with van der Waals surface area (Å²) >= 11 is 0. The normalized spacial score (nSPS) is 16.0. The first-order chi connectivity index (χ1) is 39.0. The molecule has 2 aromatic heterocycles. The number of unbranched alkanes of at least 4 members (excludes halogenated alkanes) is 1. The second kappa shape index (κ2) is 31.1. The molecule has 25 heteroatoms. The number of carbonyl (C=O) groups is 7. The average molecular weight is 1120 g/mol. The Labute approximate surface area is 471 Å². The van der Waals surface area contributed by atoms with Crippen LogP contribution in [-0.2, 0) is 52.9 Å². The number of rotatable bonds is 29. The highest BCUT2D eigenvalue weighted by atomic mass is 16.3. The number of aromatic hydroxyl groups is 1. The fourth-order valence-corrected chi connectivity index (χ4v) is 10.2. The van der Waals surface area contributed by atoms with Crippen molar-refractivity contribution in [1.29, 1.82) is 0 Å². The number of carbonyl (C=O) groups excluding carboxylic acids is 7. The Balaban J connectivity index is 1.12. The van der Waals surface area contributed by atoms with Crippen LogP contribution in [0.15, 0.2) is 71.1 Å². The van der Waals surface area contributed by atoms with Gasteiger partial charge in [0, 0.05) is 76.6 Å². The number of phenols is 1. The molecule has 14 N–H and O–H groups in total. The highest BCUT2D eigenvalue weighted by Crippen LogP contribution is 2.27. The molecule has 25 nitrogen and oxygen atoms in total.